The summed E-state index contributed by atoms with van der Waals surface area (Å²) in [5.41, 5.74) is 0.598. The van der Waals surface area contributed by atoms with Crippen LogP contribution >= 0.6 is 11.3 Å². The Morgan fingerprint density at radius 2 is 1.80 bits per heavy atom. The first-order valence-electron chi connectivity index (χ1n) is 8.14. The van der Waals surface area contributed by atoms with Crippen LogP contribution in [-0.2, 0) is 9.59 Å². The molecule has 0 radical (unpaired) electrons. The van der Waals surface area contributed by atoms with Crippen LogP contribution in [0, 0.1) is 0 Å². The Morgan fingerprint density at radius 3 is 2.44 bits per heavy atom. The first kappa shape index (κ1) is 18.9. The van der Waals surface area contributed by atoms with Gasteiger partial charge in [-0.05, 0) is 19.1 Å². The van der Waals surface area contributed by atoms with Crippen LogP contribution in [0.5, 0.6) is 5.75 Å². The lowest BCUT2D eigenvalue weighted by molar-refractivity contribution is -0.121. The average Bonchev–Trinajstić information content (AvgIpc) is 3.04. The third kappa shape index (κ3) is 5.82. The Kier molecular flexibility index (Phi) is 6.88. The van der Waals surface area contributed by atoms with Gasteiger partial charge in [0.05, 0.1) is 12.3 Å². The number of ether oxygens (including phenoxy) is 1. The van der Waals surface area contributed by atoms with E-state index in [4.69, 9.17) is 4.74 Å². The molecule has 0 saturated carbocycles. The highest BCUT2D eigenvalue weighted by Crippen LogP contribution is 2.24. The number of carbonyl (C=O) groups excluding carboxylic acids is 2. The van der Waals surface area contributed by atoms with Gasteiger partial charge in [0.25, 0.3) is 0 Å². The largest absolute Gasteiger partial charge is 0.492 e. The van der Waals surface area contributed by atoms with Crippen LogP contribution in [0.1, 0.15) is 44.5 Å². The van der Waals surface area contributed by atoms with Crippen LogP contribution in [0.4, 0.5) is 10.8 Å². The molecule has 2 rings (SSSR count). The summed E-state index contributed by atoms with van der Waals surface area (Å²) in [4.78, 5) is 24.0. The summed E-state index contributed by atoms with van der Waals surface area (Å²) in [6.07, 6.45) is 0.140. The lowest BCUT2D eigenvalue weighted by Crippen LogP contribution is -2.17. The average molecular weight is 362 g/mol. The van der Waals surface area contributed by atoms with E-state index >= 15 is 0 Å². The fourth-order valence-electron chi connectivity index (χ4n) is 1.99. The van der Waals surface area contributed by atoms with Crippen molar-refractivity contribution < 1.29 is 14.3 Å². The molecule has 2 aromatic rings. The molecule has 25 heavy (non-hydrogen) atoms. The van der Waals surface area contributed by atoms with Gasteiger partial charge in [0, 0.05) is 18.8 Å². The number of carbonyl (C=O) groups is 2. The van der Waals surface area contributed by atoms with Crippen molar-refractivity contribution in [1.29, 1.82) is 0 Å². The summed E-state index contributed by atoms with van der Waals surface area (Å²) >= 11 is 1.34. The van der Waals surface area contributed by atoms with Crippen LogP contribution in [-0.4, -0.2) is 28.6 Å². The van der Waals surface area contributed by atoms with Gasteiger partial charge in [-0.1, -0.05) is 37.3 Å². The number of aromatic nitrogens is 2. The molecule has 0 unspecified atom stereocenters. The minimum absolute atomic E-state index is 0.0687. The van der Waals surface area contributed by atoms with E-state index < -0.39 is 0 Å². The maximum atomic E-state index is 12.0. The summed E-state index contributed by atoms with van der Waals surface area (Å²) in [5.74, 6) is 0.361. The van der Waals surface area contributed by atoms with Gasteiger partial charge in [0.1, 0.15) is 10.8 Å². The van der Waals surface area contributed by atoms with E-state index in [0.717, 1.165) is 5.01 Å². The molecule has 1 aromatic carbocycles. The highest BCUT2D eigenvalue weighted by Gasteiger charge is 2.13. The summed E-state index contributed by atoms with van der Waals surface area (Å²) in [6.45, 7) is 6.41. The molecule has 0 spiro atoms. The van der Waals surface area contributed by atoms with Gasteiger partial charge in [-0.25, -0.2) is 0 Å². The smallest absolute Gasteiger partial charge is 0.226 e. The van der Waals surface area contributed by atoms with E-state index in [1.54, 1.807) is 12.1 Å². The predicted molar refractivity (Wildman–Crippen MR) is 98.1 cm³/mol. The second kappa shape index (κ2) is 9.12. The van der Waals surface area contributed by atoms with Crippen molar-refractivity contribution in [2.24, 2.45) is 0 Å². The minimum Gasteiger partial charge on any atom is -0.492 e. The molecule has 1 heterocycles. The number of hydrogen-bond donors (Lipinski definition) is 2. The second-order valence-corrected chi connectivity index (χ2v) is 6.63. The standard InChI is InChI=1S/C17H22N4O3S/c1-4-24-13-8-6-5-7-12(13)18-14(22)9-10-15(23)19-17-21-20-16(25-17)11(2)3/h5-8,11H,4,9-10H2,1-3H3,(H,18,22)(H,19,21,23). The van der Waals surface area contributed by atoms with Gasteiger partial charge in [-0.2, -0.15) is 0 Å². The van der Waals surface area contributed by atoms with Crippen molar-refractivity contribution in [2.45, 2.75) is 39.5 Å². The van der Waals surface area contributed by atoms with E-state index in [0.29, 0.717) is 23.2 Å². The van der Waals surface area contributed by atoms with Crippen molar-refractivity contribution in [3.63, 3.8) is 0 Å². The van der Waals surface area contributed by atoms with Gasteiger partial charge < -0.3 is 15.4 Å². The fraction of sp³-hybridized carbons (Fsp3) is 0.412. The Bertz CT molecular complexity index is 730. The van der Waals surface area contributed by atoms with Gasteiger partial charge in [0.2, 0.25) is 16.9 Å². The van der Waals surface area contributed by atoms with Crippen LogP contribution < -0.4 is 15.4 Å². The maximum Gasteiger partial charge on any atom is 0.226 e. The summed E-state index contributed by atoms with van der Waals surface area (Å²) < 4.78 is 5.46. The van der Waals surface area contributed by atoms with Crippen LogP contribution in [0.15, 0.2) is 24.3 Å². The Hall–Kier alpha value is -2.48. The lowest BCUT2D eigenvalue weighted by atomic mass is 10.2. The monoisotopic (exact) mass is 362 g/mol. The number of amides is 2. The Labute approximate surface area is 150 Å². The maximum absolute atomic E-state index is 12.0. The molecule has 0 saturated heterocycles. The molecule has 0 aliphatic carbocycles. The molecule has 0 aliphatic rings. The molecule has 7 nitrogen and oxygen atoms in total. The summed E-state index contributed by atoms with van der Waals surface area (Å²) in [5, 5.41) is 14.7. The van der Waals surface area contributed by atoms with E-state index in [-0.39, 0.29) is 30.6 Å². The topological polar surface area (TPSA) is 93.2 Å². The number of nitrogens with zero attached hydrogens (tertiary/aromatic N) is 2. The zero-order chi connectivity index (χ0) is 18.2. The number of benzene rings is 1. The zero-order valence-electron chi connectivity index (χ0n) is 14.5. The predicted octanol–water partition coefficient (Wildman–Crippen LogP) is 3.42. The summed E-state index contributed by atoms with van der Waals surface area (Å²) in [7, 11) is 0. The first-order valence-corrected chi connectivity index (χ1v) is 8.96. The number of rotatable bonds is 8. The van der Waals surface area contributed by atoms with Gasteiger partial charge in [0.15, 0.2) is 0 Å². The fourth-order valence-corrected chi connectivity index (χ4v) is 2.75. The molecule has 0 atom stereocenters. The quantitative estimate of drug-likeness (QED) is 0.750. The third-order valence-electron chi connectivity index (χ3n) is 3.22. The van der Waals surface area contributed by atoms with E-state index in [2.05, 4.69) is 20.8 Å². The number of anilines is 2. The number of hydrogen-bond acceptors (Lipinski definition) is 6. The van der Waals surface area contributed by atoms with Gasteiger partial charge >= 0.3 is 0 Å². The van der Waals surface area contributed by atoms with Crippen molar-refractivity contribution >= 4 is 34.0 Å². The van der Waals surface area contributed by atoms with Crippen molar-refractivity contribution in [3.05, 3.63) is 29.3 Å². The van der Waals surface area contributed by atoms with E-state index in [9.17, 15) is 9.59 Å². The molecule has 8 heteroatoms. The van der Waals surface area contributed by atoms with Crippen LogP contribution in [0.3, 0.4) is 0 Å². The third-order valence-corrected chi connectivity index (χ3v) is 4.36. The van der Waals surface area contributed by atoms with Crippen molar-refractivity contribution in [2.75, 3.05) is 17.2 Å². The molecular weight excluding hydrogens is 340 g/mol. The Balaban J connectivity index is 1.82. The normalized spacial score (nSPS) is 10.6. The van der Waals surface area contributed by atoms with E-state index in [1.165, 1.54) is 11.3 Å². The first-order chi connectivity index (χ1) is 12.0. The molecule has 1 aromatic heterocycles. The van der Waals surface area contributed by atoms with Crippen molar-refractivity contribution in [1.82, 2.24) is 10.2 Å². The highest BCUT2D eigenvalue weighted by atomic mass is 32.1. The molecule has 0 aliphatic heterocycles. The number of para-hydroxylation sites is 2. The SMILES string of the molecule is CCOc1ccccc1NC(=O)CCC(=O)Nc1nnc(C(C)C)s1. The molecule has 134 valence electrons. The van der Waals surface area contributed by atoms with E-state index in [1.807, 2.05) is 32.9 Å². The number of nitrogens with one attached hydrogen (secondary N) is 2. The van der Waals surface area contributed by atoms with Crippen LogP contribution in [0.2, 0.25) is 0 Å². The molecular formula is C17H22N4O3S. The molecule has 2 amide bonds. The summed E-state index contributed by atoms with van der Waals surface area (Å²) in [6, 6.07) is 7.19. The second-order valence-electron chi connectivity index (χ2n) is 5.63. The van der Waals surface area contributed by atoms with Gasteiger partial charge in [-0.3, -0.25) is 9.59 Å². The lowest BCUT2D eigenvalue weighted by Gasteiger charge is -2.11. The highest BCUT2D eigenvalue weighted by molar-refractivity contribution is 7.15. The van der Waals surface area contributed by atoms with Crippen LogP contribution in [0.25, 0.3) is 0 Å². The molecule has 0 fully saturated rings. The molecule has 2 N–H and O–H groups in total. The van der Waals surface area contributed by atoms with Crippen molar-refractivity contribution in [3.8, 4) is 5.75 Å². The van der Waals surface area contributed by atoms with Gasteiger partial charge in [-0.15, -0.1) is 10.2 Å². The Morgan fingerprint density at radius 1 is 1.12 bits per heavy atom. The minimum atomic E-state index is -0.264. The zero-order valence-corrected chi connectivity index (χ0v) is 15.4. The molecule has 0 bridgehead atoms.